The Balaban J connectivity index is 2.01. The van der Waals surface area contributed by atoms with Gasteiger partial charge < -0.3 is 15.2 Å². The first-order valence-corrected chi connectivity index (χ1v) is 6.82. The molecule has 1 saturated carbocycles. The normalized spacial score (nSPS) is 24.6. The quantitative estimate of drug-likeness (QED) is 0.504. The zero-order chi connectivity index (χ0) is 15.5. The smallest absolute Gasteiger partial charge is 0.326 e. The molecule has 7 nitrogen and oxygen atoms in total. The molecule has 0 bridgehead atoms. The van der Waals surface area contributed by atoms with Gasteiger partial charge in [-0.2, -0.15) is 0 Å². The topological polar surface area (TPSA) is 105 Å². The number of nitrogens with zero attached hydrogens (tertiary/aromatic N) is 1. The molecule has 114 valence electrons. The molecule has 1 aliphatic carbocycles. The van der Waals surface area contributed by atoms with Gasteiger partial charge in [-0.3, -0.25) is 14.9 Å². The Hall–Kier alpha value is -2.15. The number of nitrogens with two attached hydrogens (primary N) is 1. The summed E-state index contributed by atoms with van der Waals surface area (Å²) in [6, 6.07) is 5.96. The molecule has 0 spiro atoms. The van der Waals surface area contributed by atoms with Crippen molar-refractivity contribution in [2.75, 3.05) is 6.61 Å². The van der Waals surface area contributed by atoms with Crippen LogP contribution in [-0.2, 0) is 9.53 Å². The summed E-state index contributed by atoms with van der Waals surface area (Å²) in [5, 5.41) is 10.7. The first-order valence-electron chi connectivity index (χ1n) is 6.82. The van der Waals surface area contributed by atoms with E-state index in [-0.39, 0.29) is 18.4 Å². The van der Waals surface area contributed by atoms with Crippen LogP contribution in [0.25, 0.3) is 0 Å². The van der Waals surface area contributed by atoms with Crippen molar-refractivity contribution in [3.8, 4) is 5.75 Å². The lowest BCUT2D eigenvalue weighted by atomic mass is 9.99. The molecule has 0 heterocycles. The molecule has 0 amide bonds. The Kier molecular flexibility index (Phi) is 4.42. The van der Waals surface area contributed by atoms with E-state index in [4.69, 9.17) is 15.2 Å². The maximum atomic E-state index is 11.8. The lowest BCUT2D eigenvalue weighted by molar-refractivity contribution is -0.384. The molecule has 1 aliphatic rings. The van der Waals surface area contributed by atoms with Gasteiger partial charge in [-0.15, -0.1) is 0 Å². The highest BCUT2D eigenvalue weighted by Crippen LogP contribution is 2.32. The number of rotatable bonds is 5. The molecule has 2 rings (SSSR count). The number of esters is 1. The zero-order valence-electron chi connectivity index (χ0n) is 11.8. The fourth-order valence-electron chi connectivity index (χ4n) is 2.45. The van der Waals surface area contributed by atoms with E-state index >= 15 is 0 Å². The number of carbonyl (C=O) groups is 1. The molecule has 7 heteroatoms. The molecule has 2 unspecified atom stereocenters. The summed E-state index contributed by atoms with van der Waals surface area (Å²) in [6.45, 7) is 2.02. The third kappa shape index (κ3) is 3.49. The van der Waals surface area contributed by atoms with Crippen molar-refractivity contribution >= 4 is 11.7 Å². The van der Waals surface area contributed by atoms with Gasteiger partial charge in [0.15, 0.2) is 0 Å². The van der Waals surface area contributed by atoms with Crippen LogP contribution < -0.4 is 10.5 Å². The predicted octanol–water partition coefficient (Wildman–Crippen LogP) is 1.79. The van der Waals surface area contributed by atoms with Crippen molar-refractivity contribution in [1.82, 2.24) is 0 Å². The van der Waals surface area contributed by atoms with Crippen LogP contribution in [0.15, 0.2) is 24.3 Å². The van der Waals surface area contributed by atoms with Crippen LogP contribution in [0.5, 0.6) is 5.75 Å². The first kappa shape index (κ1) is 15.2. The fourth-order valence-corrected chi connectivity index (χ4v) is 2.45. The average molecular weight is 294 g/mol. The highest BCUT2D eigenvalue weighted by atomic mass is 16.6. The molecule has 2 atom stereocenters. The van der Waals surface area contributed by atoms with Gasteiger partial charge in [-0.1, -0.05) is 6.07 Å². The Bertz CT molecular complexity index is 548. The van der Waals surface area contributed by atoms with Crippen LogP contribution in [0.4, 0.5) is 5.69 Å². The monoisotopic (exact) mass is 294 g/mol. The van der Waals surface area contributed by atoms with E-state index < -0.39 is 16.4 Å². The summed E-state index contributed by atoms with van der Waals surface area (Å²) in [6.07, 6.45) is 1.18. The van der Waals surface area contributed by atoms with Crippen molar-refractivity contribution in [3.05, 3.63) is 34.4 Å². The van der Waals surface area contributed by atoms with E-state index in [9.17, 15) is 14.9 Å². The first-order chi connectivity index (χ1) is 9.94. The second-order valence-electron chi connectivity index (χ2n) is 5.11. The minimum absolute atomic E-state index is 0.0325. The van der Waals surface area contributed by atoms with Crippen LogP contribution in [0, 0.1) is 10.1 Å². The van der Waals surface area contributed by atoms with Crippen LogP contribution in [0.3, 0.4) is 0 Å². The largest absolute Gasteiger partial charge is 0.490 e. The zero-order valence-corrected chi connectivity index (χ0v) is 11.8. The second-order valence-corrected chi connectivity index (χ2v) is 5.11. The molecule has 0 aliphatic heterocycles. The third-order valence-electron chi connectivity index (χ3n) is 3.52. The molecule has 21 heavy (non-hydrogen) atoms. The highest BCUT2D eigenvalue weighted by molar-refractivity contribution is 5.81. The average Bonchev–Trinajstić information content (AvgIpc) is 2.82. The molecule has 0 saturated heterocycles. The number of nitro groups is 1. The number of non-ortho nitro benzene ring substituents is 1. The van der Waals surface area contributed by atoms with Gasteiger partial charge in [0.2, 0.25) is 0 Å². The highest BCUT2D eigenvalue weighted by Gasteiger charge is 2.44. The van der Waals surface area contributed by atoms with Crippen LogP contribution in [0.1, 0.15) is 26.2 Å². The summed E-state index contributed by atoms with van der Waals surface area (Å²) in [5.41, 5.74) is 4.99. The van der Waals surface area contributed by atoms with Gasteiger partial charge in [0, 0.05) is 12.5 Å². The van der Waals surface area contributed by atoms with Crippen molar-refractivity contribution < 1.29 is 19.2 Å². The number of ether oxygens (including phenoxy) is 2. The lowest BCUT2D eigenvalue weighted by Gasteiger charge is -2.21. The summed E-state index contributed by atoms with van der Waals surface area (Å²) in [7, 11) is 0. The molecule has 2 N–H and O–H groups in total. The van der Waals surface area contributed by atoms with Gasteiger partial charge in [-0.25, -0.2) is 0 Å². The van der Waals surface area contributed by atoms with Gasteiger partial charge in [0.25, 0.3) is 5.69 Å². The number of carbonyl (C=O) groups excluding carboxylic acids is 1. The molecular formula is C14H18N2O5. The van der Waals surface area contributed by atoms with Crippen molar-refractivity contribution in [2.24, 2.45) is 5.73 Å². The van der Waals surface area contributed by atoms with E-state index in [1.807, 2.05) is 0 Å². The Morgan fingerprint density at radius 2 is 2.33 bits per heavy atom. The molecular weight excluding hydrogens is 276 g/mol. The van der Waals surface area contributed by atoms with E-state index in [0.717, 1.165) is 0 Å². The minimum Gasteiger partial charge on any atom is -0.490 e. The van der Waals surface area contributed by atoms with Crippen LogP contribution >= 0.6 is 0 Å². The molecule has 1 fully saturated rings. The molecule has 1 aromatic rings. The van der Waals surface area contributed by atoms with E-state index in [2.05, 4.69) is 0 Å². The van der Waals surface area contributed by atoms with Crippen molar-refractivity contribution in [3.63, 3.8) is 0 Å². The second kappa shape index (κ2) is 6.09. The van der Waals surface area contributed by atoms with Crippen LogP contribution in [-0.4, -0.2) is 29.1 Å². The number of hydrogen-bond donors (Lipinski definition) is 1. The number of hydrogen-bond acceptors (Lipinski definition) is 6. The SMILES string of the molecule is CCOC(=O)C1(N)CCC(Oc2cccc([N+](=O)[O-])c2)C1. The molecule has 0 aromatic heterocycles. The number of nitro benzene ring substituents is 1. The van der Waals surface area contributed by atoms with Gasteiger partial charge >= 0.3 is 5.97 Å². The third-order valence-corrected chi connectivity index (χ3v) is 3.52. The fraction of sp³-hybridized carbons (Fsp3) is 0.500. The summed E-state index contributed by atoms with van der Waals surface area (Å²) < 4.78 is 10.7. The van der Waals surface area contributed by atoms with Crippen molar-refractivity contribution in [2.45, 2.75) is 37.8 Å². The van der Waals surface area contributed by atoms with Gasteiger partial charge in [0.05, 0.1) is 17.6 Å². The summed E-state index contributed by atoms with van der Waals surface area (Å²) in [5.74, 6) is -0.0162. The van der Waals surface area contributed by atoms with Crippen LogP contribution in [0.2, 0.25) is 0 Å². The lowest BCUT2D eigenvalue weighted by Crippen LogP contribution is -2.47. The Labute approximate surface area is 122 Å². The number of benzene rings is 1. The van der Waals surface area contributed by atoms with E-state index in [1.165, 1.54) is 12.1 Å². The van der Waals surface area contributed by atoms with Gasteiger partial charge in [-0.05, 0) is 25.8 Å². The van der Waals surface area contributed by atoms with E-state index in [1.54, 1.807) is 19.1 Å². The Morgan fingerprint density at radius 3 is 3.00 bits per heavy atom. The van der Waals surface area contributed by atoms with E-state index in [0.29, 0.717) is 25.0 Å². The maximum Gasteiger partial charge on any atom is 0.326 e. The standard InChI is InChI=1S/C14H18N2O5/c1-2-20-13(17)14(15)7-6-12(9-14)21-11-5-3-4-10(8-11)16(18)19/h3-5,8,12H,2,6-7,9,15H2,1H3. The predicted molar refractivity (Wildman–Crippen MR) is 74.9 cm³/mol. The summed E-state index contributed by atoms with van der Waals surface area (Å²) >= 11 is 0. The van der Waals surface area contributed by atoms with Crippen molar-refractivity contribution in [1.29, 1.82) is 0 Å². The van der Waals surface area contributed by atoms with Gasteiger partial charge in [0.1, 0.15) is 17.4 Å². The molecule has 0 radical (unpaired) electrons. The Morgan fingerprint density at radius 1 is 1.57 bits per heavy atom. The molecule has 1 aromatic carbocycles. The minimum atomic E-state index is -1.03. The maximum absolute atomic E-state index is 11.8. The summed E-state index contributed by atoms with van der Waals surface area (Å²) in [4.78, 5) is 22.1.